The maximum atomic E-state index is 12.6. The van der Waals surface area contributed by atoms with Crippen molar-refractivity contribution in [3.8, 4) is 0 Å². The van der Waals surface area contributed by atoms with Crippen LogP contribution in [0.25, 0.3) is 0 Å². The lowest BCUT2D eigenvalue weighted by atomic mass is 9.98. The molecule has 2 aliphatic rings. The number of hydrogen-bond acceptors (Lipinski definition) is 5. The second kappa shape index (κ2) is 15.0. The fourth-order valence-corrected chi connectivity index (χ4v) is 4.75. The first kappa shape index (κ1) is 26.5. The third-order valence-corrected chi connectivity index (χ3v) is 6.78. The fraction of sp³-hybridized carbons (Fsp3) is 0.655. The Hall–Kier alpha value is -2.14. The number of esters is 2. The van der Waals surface area contributed by atoms with Gasteiger partial charge >= 0.3 is 11.9 Å². The van der Waals surface area contributed by atoms with Crippen molar-refractivity contribution in [2.24, 2.45) is 0 Å². The first-order chi connectivity index (χ1) is 16.7. The minimum absolute atomic E-state index is 0.0453. The average Bonchev–Trinajstić information content (AvgIpc) is 3.15. The van der Waals surface area contributed by atoms with Gasteiger partial charge in [0, 0.05) is 18.4 Å². The number of hydrogen-bond donors (Lipinski definition) is 0. The Kier molecular flexibility index (Phi) is 11.7. The first-order valence-corrected chi connectivity index (χ1v) is 13.4. The summed E-state index contributed by atoms with van der Waals surface area (Å²) < 4.78 is 17.3. The molecular weight excluding hydrogens is 428 g/mol. The van der Waals surface area contributed by atoms with E-state index < -0.39 is 5.60 Å². The molecule has 1 saturated heterocycles. The van der Waals surface area contributed by atoms with Crippen molar-refractivity contribution in [3.05, 3.63) is 47.5 Å². The van der Waals surface area contributed by atoms with Crippen molar-refractivity contribution in [3.63, 3.8) is 0 Å². The Balaban J connectivity index is 1.59. The van der Waals surface area contributed by atoms with E-state index in [-0.39, 0.29) is 25.2 Å². The smallest absolute Gasteiger partial charge is 0.334 e. The summed E-state index contributed by atoms with van der Waals surface area (Å²) >= 11 is 0. The summed E-state index contributed by atoms with van der Waals surface area (Å²) in [6.45, 7) is 0.676. The highest BCUT2D eigenvalue weighted by molar-refractivity contribution is 5.91. The van der Waals surface area contributed by atoms with E-state index in [4.69, 9.17) is 14.2 Å². The summed E-state index contributed by atoms with van der Waals surface area (Å²) in [6.07, 6.45) is 18.2. The van der Waals surface area contributed by atoms with Crippen molar-refractivity contribution in [2.45, 2.75) is 109 Å². The standard InChI is InChI=1S/C29H42O5/c30-27-20-16-11-9-7-5-3-1-2-4-6-8-10-15-19-26-21-29(24-33-27,34-28(26)31)23-32-22-25-17-13-12-14-18-25/h12-14,17-19H,1-11,15-16,20-24H2/b26-19-. The van der Waals surface area contributed by atoms with Gasteiger partial charge in [-0.2, -0.15) is 0 Å². The van der Waals surface area contributed by atoms with Gasteiger partial charge in [-0.05, 0) is 24.8 Å². The molecule has 1 fully saturated rings. The Labute approximate surface area is 205 Å². The Morgan fingerprint density at radius 2 is 1.41 bits per heavy atom. The van der Waals surface area contributed by atoms with Gasteiger partial charge < -0.3 is 14.2 Å². The quantitative estimate of drug-likeness (QED) is 0.451. The Morgan fingerprint density at radius 1 is 0.794 bits per heavy atom. The number of benzene rings is 1. The van der Waals surface area contributed by atoms with Gasteiger partial charge in [-0.3, -0.25) is 4.79 Å². The SMILES string of the molecule is O=C1CCCCCCCCCCCCCC/C=C2/CC(COCc3ccccc3)(CO1)OC2=O. The lowest BCUT2D eigenvalue weighted by Gasteiger charge is -2.26. The largest absolute Gasteiger partial charge is 0.461 e. The summed E-state index contributed by atoms with van der Waals surface area (Å²) in [5.74, 6) is -0.525. The van der Waals surface area contributed by atoms with E-state index in [9.17, 15) is 9.59 Å². The zero-order valence-corrected chi connectivity index (χ0v) is 20.7. The second-order valence-corrected chi connectivity index (χ2v) is 9.90. The summed E-state index contributed by atoms with van der Waals surface area (Å²) in [5, 5.41) is 0. The van der Waals surface area contributed by atoms with Gasteiger partial charge in [0.2, 0.25) is 0 Å². The minimum Gasteiger partial charge on any atom is -0.461 e. The number of allylic oxidation sites excluding steroid dienone is 1. The van der Waals surface area contributed by atoms with Gasteiger partial charge in [-0.15, -0.1) is 0 Å². The molecule has 1 unspecified atom stereocenters. The zero-order chi connectivity index (χ0) is 23.9. The number of rotatable bonds is 4. The van der Waals surface area contributed by atoms with Crippen molar-refractivity contribution in [2.75, 3.05) is 13.2 Å². The predicted molar refractivity (Wildman–Crippen MR) is 133 cm³/mol. The van der Waals surface area contributed by atoms with Crippen molar-refractivity contribution < 1.29 is 23.8 Å². The monoisotopic (exact) mass is 470 g/mol. The maximum Gasteiger partial charge on any atom is 0.334 e. The molecule has 188 valence electrons. The minimum atomic E-state index is -0.938. The molecule has 0 radical (unpaired) electrons. The topological polar surface area (TPSA) is 61.8 Å². The third-order valence-electron chi connectivity index (χ3n) is 6.78. The molecule has 0 amide bonds. The van der Waals surface area contributed by atoms with Crippen LogP contribution >= 0.6 is 0 Å². The molecule has 1 aromatic carbocycles. The predicted octanol–water partition coefficient (Wildman–Crippen LogP) is 6.83. The van der Waals surface area contributed by atoms with E-state index in [1.807, 2.05) is 36.4 Å². The van der Waals surface area contributed by atoms with Gasteiger partial charge in [0.05, 0.1) is 13.2 Å². The van der Waals surface area contributed by atoms with Crippen LogP contribution in [0.5, 0.6) is 0 Å². The lowest BCUT2D eigenvalue weighted by Crippen LogP contribution is -2.40. The van der Waals surface area contributed by atoms with Gasteiger partial charge in [0.25, 0.3) is 0 Å². The van der Waals surface area contributed by atoms with Crippen molar-refractivity contribution in [1.82, 2.24) is 0 Å². The third kappa shape index (κ3) is 9.61. The van der Waals surface area contributed by atoms with E-state index in [0.29, 0.717) is 25.0 Å². The highest BCUT2D eigenvalue weighted by Crippen LogP contribution is 2.33. The molecule has 0 spiro atoms. The average molecular weight is 471 g/mol. The summed E-state index contributed by atoms with van der Waals surface area (Å²) in [6, 6.07) is 9.90. The van der Waals surface area contributed by atoms with Crippen LogP contribution in [0.2, 0.25) is 0 Å². The molecule has 1 atom stereocenters. The number of fused-ring (bicyclic) bond motifs is 2. The Bertz CT molecular complexity index is 772. The maximum absolute atomic E-state index is 12.6. The molecule has 0 aromatic heterocycles. The van der Waals surface area contributed by atoms with E-state index in [2.05, 4.69) is 0 Å². The molecule has 0 N–H and O–H groups in total. The first-order valence-electron chi connectivity index (χ1n) is 13.4. The molecule has 0 saturated carbocycles. The molecule has 5 heteroatoms. The van der Waals surface area contributed by atoms with Crippen LogP contribution in [0.3, 0.4) is 0 Å². The molecular formula is C29H42O5. The van der Waals surface area contributed by atoms with Gasteiger partial charge in [0.1, 0.15) is 6.61 Å². The van der Waals surface area contributed by atoms with Gasteiger partial charge in [-0.25, -0.2) is 4.79 Å². The number of ether oxygens (including phenoxy) is 3. The molecule has 5 nitrogen and oxygen atoms in total. The lowest BCUT2D eigenvalue weighted by molar-refractivity contribution is -0.169. The highest BCUT2D eigenvalue weighted by atomic mass is 16.6. The normalized spacial score (nSPS) is 25.9. The Morgan fingerprint density at radius 3 is 2.09 bits per heavy atom. The van der Waals surface area contributed by atoms with Crippen molar-refractivity contribution in [1.29, 1.82) is 0 Å². The van der Waals surface area contributed by atoms with Gasteiger partial charge in [0.15, 0.2) is 5.60 Å². The number of carbonyl (C=O) groups excluding carboxylic acids is 2. The number of cyclic esters (lactones) is 1. The van der Waals surface area contributed by atoms with Crippen molar-refractivity contribution >= 4 is 11.9 Å². The summed E-state index contributed by atoms with van der Waals surface area (Å²) in [7, 11) is 0. The fourth-order valence-electron chi connectivity index (χ4n) is 4.75. The van der Waals surface area contributed by atoms with Crippen LogP contribution in [-0.4, -0.2) is 30.8 Å². The van der Waals surface area contributed by atoms with Crippen LogP contribution in [0.4, 0.5) is 0 Å². The van der Waals surface area contributed by atoms with E-state index in [1.165, 1.54) is 57.8 Å². The van der Waals surface area contributed by atoms with Crippen LogP contribution in [0, 0.1) is 0 Å². The molecule has 3 rings (SSSR count). The number of carbonyl (C=O) groups is 2. The molecule has 1 aromatic rings. The van der Waals surface area contributed by atoms with E-state index in [0.717, 1.165) is 31.2 Å². The zero-order valence-electron chi connectivity index (χ0n) is 20.7. The van der Waals surface area contributed by atoms with Crippen LogP contribution in [0.15, 0.2) is 42.0 Å². The second-order valence-electron chi connectivity index (χ2n) is 9.90. The molecule has 0 aliphatic carbocycles. The molecule has 2 aliphatic heterocycles. The van der Waals surface area contributed by atoms with E-state index >= 15 is 0 Å². The summed E-state index contributed by atoms with van der Waals surface area (Å²) in [5.41, 5.74) is 0.801. The molecule has 2 heterocycles. The van der Waals surface area contributed by atoms with Gasteiger partial charge in [-0.1, -0.05) is 101 Å². The van der Waals surface area contributed by atoms with Crippen LogP contribution < -0.4 is 0 Å². The van der Waals surface area contributed by atoms with E-state index in [1.54, 1.807) is 0 Å². The molecule has 34 heavy (non-hydrogen) atoms. The van der Waals surface area contributed by atoms with Crippen LogP contribution in [0.1, 0.15) is 102 Å². The summed E-state index contributed by atoms with van der Waals surface area (Å²) in [4.78, 5) is 25.0. The highest BCUT2D eigenvalue weighted by Gasteiger charge is 2.45. The van der Waals surface area contributed by atoms with Crippen LogP contribution in [-0.2, 0) is 30.4 Å². The molecule has 2 bridgehead atoms.